The SMILES string of the molecule is CS(=O)(=O)CC(=O)Nc1c2c(nn1CCCC(F)(F)F)C[C@H](CCc1cccc(OCC(F)(F)F)c1)NC2=O. The van der Waals surface area contributed by atoms with Crippen LogP contribution in [-0.4, -0.2) is 67.0 Å². The van der Waals surface area contributed by atoms with Crippen LogP contribution in [0.15, 0.2) is 24.3 Å². The van der Waals surface area contributed by atoms with Gasteiger partial charge in [0.05, 0.1) is 5.69 Å². The highest BCUT2D eigenvalue weighted by Crippen LogP contribution is 2.28. The number of aryl methyl sites for hydroxylation is 2. The Hall–Kier alpha value is -3.30. The molecule has 2 heterocycles. The van der Waals surface area contributed by atoms with E-state index in [1.54, 1.807) is 6.07 Å². The van der Waals surface area contributed by atoms with Gasteiger partial charge in [-0.05, 0) is 37.0 Å². The minimum absolute atomic E-state index is 0.0341. The lowest BCUT2D eigenvalue weighted by molar-refractivity contribution is -0.153. The second kappa shape index (κ2) is 11.8. The van der Waals surface area contributed by atoms with Gasteiger partial charge in [-0.2, -0.15) is 31.4 Å². The van der Waals surface area contributed by atoms with E-state index in [9.17, 15) is 44.3 Å². The van der Waals surface area contributed by atoms with Crippen molar-refractivity contribution < 1.29 is 49.1 Å². The third kappa shape index (κ3) is 9.75. The van der Waals surface area contributed by atoms with Crippen LogP contribution in [0.25, 0.3) is 0 Å². The summed E-state index contributed by atoms with van der Waals surface area (Å²) >= 11 is 0. The third-order valence-corrected chi connectivity index (χ3v) is 6.38. The summed E-state index contributed by atoms with van der Waals surface area (Å²) in [7, 11) is -3.72. The maximum Gasteiger partial charge on any atom is 0.422 e. The lowest BCUT2D eigenvalue weighted by Crippen LogP contribution is -2.41. The zero-order chi connectivity index (χ0) is 29.0. The summed E-state index contributed by atoms with van der Waals surface area (Å²) < 4.78 is 104. The van der Waals surface area contributed by atoms with Crippen LogP contribution < -0.4 is 15.4 Å². The molecule has 0 saturated heterocycles. The summed E-state index contributed by atoms with van der Waals surface area (Å²) in [5.74, 6) is -2.68. The second-order valence-electron chi connectivity index (χ2n) is 9.19. The van der Waals surface area contributed by atoms with Gasteiger partial charge in [-0.3, -0.25) is 9.59 Å². The van der Waals surface area contributed by atoms with Gasteiger partial charge in [0, 0.05) is 31.7 Å². The van der Waals surface area contributed by atoms with Gasteiger partial charge < -0.3 is 15.4 Å². The Morgan fingerprint density at radius 2 is 1.92 bits per heavy atom. The van der Waals surface area contributed by atoms with Crippen LogP contribution in [0.4, 0.5) is 32.2 Å². The first-order valence-corrected chi connectivity index (χ1v) is 13.8. The Morgan fingerprint density at radius 1 is 1.21 bits per heavy atom. The average molecular weight is 585 g/mol. The minimum atomic E-state index is -4.49. The molecule has 0 unspecified atom stereocenters. The van der Waals surface area contributed by atoms with Crippen molar-refractivity contribution in [1.29, 1.82) is 0 Å². The summed E-state index contributed by atoms with van der Waals surface area (Å²) in [6.45, 7) is -1.73. The van der Waals surface area contributed by atoms with Gasteiger partial charge in [0.15, 0.2) is 16.4 Å². The third-order valence-electron chi connectivity index (χ3n) is 5.59. The molecule has 0 saturated carbocycles. The minimum Gasteiger partial charge on any atom is -0.484 e. The zero-order valence-electron chi connectivity index (χ0n) is 20.7. The van der Waals surface area contributed by atoms with E-state index < -0.39 is 65.2 Å². The molecule has 2 aromatic rings. The Labute approximate surface area is 219 Å². The van der Waals surface area contributed by atoms with Crippen molar-refractivity contribution in [3.63, 3.8) is 0 Å². The van der Waals surface area contributed by atoms with E-state index in [4.69, 9.17) is 4.74 Å². The maximum atomic E-state index is 12.9. The van der Waals surface area contributed by atoms with Gasteiger partial charge in [-0.15, -0.1) is 0 Å². The van der Waals surface area contributed by atoms with E-state index in [1.165, 1.54) is 18.2 Å². The number of carbonyl (C=O) groups is 2. The normalized spacial score (nSPS) is 16.0. The molecule has 2 amide bonds. The fraction of sp³-hybridized carbons (Fsp3) is 0.522. The molecule has 0 fully saturated rings. The van der Waals surface area contributed by atoms with Crippen LogP contribution in [0.1, 0.15) is 40.9 Å². The molecule has 0 radical (unpaired) electrons. The van der Waals surface area contributed by atoms with Crippen LogP contribution in [0.3, 0.4) is 0 Å². The molecular weight excluding hydrogens is 558 g/mol. The van der Waals surface area contributed by atoms with Gasteiger partial charge in [-0.25, -0.2) is 13.1 Å². The fourth-order valence-corrected chi connectivity index (χ4v) is 4.58. The quantitative estimate of drug-likeness (QED) is 0.391. The van der Waals surface area contributed by atoms with Gasteiger partial charge in [-0.1, -0.05) is 12.1 Å². The molecule has 1 aliphatic rings. The average Bonchev–Trinajstić information content (AvgIpc) is 3.11. The molecule has 39 heavy (non-hydrogen) atoms. The molecule has 216 valence electrons. The molecule has 1 aliphatic heterocycles. The number of nitrogens with zero attached hydrogens (tertiary/aromatic N) is 2. The highest BCUT2D eigenvalue weighted by Gasteiger charge is 2.33. The lowest BCUT2D eigenvalue weighted by atomic mass is 9.96. The number of halogens is 6. The number of fused-ring (bicyclic) bond motifs is 1. The molecule has 16 heteroatoms. The Bertz CT molecular complexity index is 1310. The Kier molecular flexibility index (Phi) is 9.18. The first-order chi connectivity index (χ1) is 18.0. The van der Waals surface area contributed by atoms with Crippen LogP contribution >= 0.6 is 0 Å². The number of anilines is 1. The number of benzene rings is 1. The predicted molar refractivity (Wildman–Crippen MR) is 127 cm³/mol. The zero-order valence-corrected chi connectivity index (χ0v) is 21.5. The standard InChI is InChI=1S/C23H26F6N4O5S/c1-39(36,37)12-18(34)31-20-19-17(32-33(20)9-3-8-22(24,25)26)11-15(30-21(19)35)7-6-14-4-2-5-16(10-14)38-13-23(27,28)29/h2,4-5,10,15H,3,6-9,11-13H2,1H3,(H,30,35)(H,31,34)/t15-/m0/s1. The number of aromatic nitrogens is 2. The number of hydrogen-bond acceptors (Lipinski definition) is 6. The molecule has 9 nitrogen and oxygen atoms in total. The van der Waals surface area contributed by atoms with Crippen molar-refractivity contribution in [1.82, 2.24) is 15.1 Å². The monoisotopic (exact) mass is 584 g/mol. The lowest BCUT2D eigenvalue weighted by Gasteiger charge is -2.23. The summed E-state index contributed by atoms with van der Waals surface area (Å²) in [6, 6.07) is 5.58. The second-order valence-corrected chi connectivity index (χ2v) is 11.3. The van der Waals surface area contributed by atoms with Crippen LogP contribution in [-0.2, 0) is 34.0 Å². The molecule has 0 spiro atoms. The summed E-state index contributed by atoms with van der Waals surface area (Å²) in [4.78, 5) is 25.2. The van der Waals surface area contributed by atoms with E-state index >= 15 is 0 Å². The first-order valence-electron chi connectivity index (χ1n) is 11.7. The summed E-state index contributed by atoms with van der Waals surface area (Å²) in [5, 5.41) is 9.27. The van der Waals surface area contributed by atoms with Crippen molar-refractivity contribution >= 4 is 27.5 Å². The van der Waals surface area contributed by atoms with Crippen molar-refractivity contribution in [2.45, 2.75) is 57.0 Å². The summed E-state index contributed by atoms with van der Waals surface area (Å²) in [5.41, 5.74) is 0.802. The molecule has 0 bridgehead atoms. The van der Waals surface area contributed by atoms with Gasteiger partial charge in [0.1, 0.15) is 22.9 Å². The number of amides is 2. The number of alkyl halides is 6. The number of nitrogens with one attached hydrogen (secondary N) is 2. The highest BCUT2D eigenvalue weighted by molar-refractivity contribution is 7.91. The molecule has 1 atom stereocenters. The van der Waals surface area contributed by atoms with Crippen molar-refractivity contribution in [2.24, 2.45) is 0 Å². The van der Waals surface area contributed by atoms with E-state index in [0.717, 1.165) is 10.9 Å². The predicted octanol–water partition coefficient (Wildman–Crippen LogP) is 3.44. The highest BCUT2D eigenvalue weighted by atomic mass is 32.2. The first kappa shape index (κ1) is 30.2. The molecule has 1 aromatic carbocycles. The number of carbonyl (C=O) groups excluding carboxylic acids is 2. The van der Waals surface area contributed by atoms with Crippen molar-refractivity contribution in [3.8, 4) is 5.75 Å². The van der Waals surface area contributed by atoms with Gasteiger partial charge in [0.2, 0.25) is 5.91 Å². The number of hydrogen-bond donors (Lipinski definition) is 2. The van der Waals surface area contributed by atoms with Crippen molar-refractivity contribution in [2.75, 3.05) is 23.9 Å². The van der Waals surface area contributed by atoms with Crippen LogP contribution in [0.5, 0.6) is 5.75 Å². The molecule has 2 N–H and O–H groups in total. The molecular formula is C23H26F6N4O5S. The van der Waals surface area contributed by atoms with E-state index in [1.807, 2.05) is 0 Å². The Balaban J connectivity index is 1.74. The van der Waals surface area contributed by atoms with E-state index in [2.05, 4.69) is 15.7 Å². The fourth-order valence-electron chi connectivity index (χ4n) is 4.03. The van der Waals surface area contributed by atoms with Gasteiger partial charge in [0.25, 0.3) is 5.91 Å². The number of rotatable bonds is 11. The Morgan fingerprint density at radius 3 is 2.56 bits per heavy atom. The largest absolute Gasteiger partial charge is 0.484 e. The van der Waals surface area contributed by atoms with Crippen LogP contribution in [0.2, 0.25) is 0 Å². The molecule has 0 aliphatic carbocycles. The molecule has 1 aromatic heterocycles. The number of ether oxygens (including phenoxy) is 1. The van der Waals surface area contributed by atoms with Crippen molar-refractivity contribution in [3.05, 3.63) is 41.1 Å². The smallest absolute Gasteiger partial charge is 0.422 e. The summed E-state index contributed by atoms with van der Waals surface area (Å²) in [6.07, 6.45) is -8.74. The van der Waals surface area contributed by atoms with Crippen LogP contribution in [0, 0.1) is 0 Å². The van der Waals surface area contributed by atoms with E-state index in [-0.39, 0.29) is 35.8 Å². The molecule has 3 rings (SSSR count). The van der Waals surface area contributed by atoms with E-state index in [0.29, 0.717) is 18.4 Å². The topological polar surface area (TPSA) is 119 Å². The maximum absolute atomic E-state index is 12.9. The van der Waals surface area contributed by atoms with Gasteiger partial charge >= 0.3 is 12.4 Å². The number of sulfone groups is 1.